The number of amides is 1. The van der Waals surface area contributed by atoms with Crippen molar-refractivity contribution in [2.24, 2.45) is 5.92 Å². The van der Waals surface area contributed by atoms with Gasteiger partial charge in [-0.1, -0.05) is 54.1 Å². The van der Waals surface area contributed by atoms with E-state index in [1.165, 1.54) is 22.4 Å². The summed E-state index contributed by atoms with van der Waals surface area (Å²) in [7, 11) is 0. The number of hydrogen-bond acceptors (Lipinski definition) is 4. The van der Waals surface area contributed by atoms with Crippen LogP contribution in [0.4, 0.5) is 5.69 Å². The summed E-state index contributed by atoms with van der Waals surface area (Å²) in [6.07, 6.45) is 2.00. The number of benzene rings is 3. The Hall–Kier alpha value is -3.35. The van der Waals surface area contributed by atoms with E-state index in [4.69, 9.17) is 16.6 Å². The normalized spacial score (nSPS) is 18.4. The van der Waals surface area contributed by atoms with E-state index in [2.05, 4.69) is 81.6 Å². The molecule has 208 valence electrons. The molecule has 0 unspecified atom stereocenters. The second-order valence-electron chi connectivity index (χ2n) is 11.4. The number of aromatic nitrogens is 2. The molecule has 0 aliphatic carbocycles. The van der Waals surface area contributed by atoms with Crippen molar-refractivity contribution in [1.82, 2.24) is 19.4 Å². The molecule has 1 amide bonds. The third-order valence-electron chi connectivity index (χ3n) is 8.55. The Balaban J connectivity index is 1.12. The van der Waals surface area contributed by atoms with Gasteiger partial charge in [-0.05, 0) is 74.2 Å². The molecular formula is C33H38ClN5O. The van der Waals surface area contributed by atoms with Crippen molar-refractivity contribution in [2.45, 2.75) is 39.8 Å². The van der Waals surface area contributed by atoms with Gasteiger partial charge in [-0.3, -0.25) is 9.69 Å². The zero-order chi connectivity index (χ0) is 27.6. The molecule has 0 bridgehead atoms. The van der Waals surface area contributed by atoms with Gasteiger partial charge in [0.15, 0.2) is 0 Å². The summed E-state index contributed by atoms with van der Waals surface area (Å²) < 4.78 is 2.32. The number of para-hydroxylation sites is 3. The number of piperazine rings is 1. The number of hydrogen-bond donors (Lipinski definition) is 0. The maximum Gasteiger partial charge on any atom is 0.227 e. The molecule has 6 nitrogen and oxygen atoms in total. The van der Waals surface area contributed by atoms with Crippen LogP contribution in [0.25, 0.3) is 11.0 Å². The molecular weight excluding hydrogens is 518 g/mol. The number of imidazole rings is 1. The molecule has 1 aromatic heterocycles. The predicted molar refractivity (Wildman–Crippen MR) is 163 cm³/mol. The Kier molecular flexibility index (Phi) is 7.81. The molecule has 2 saturated heterocycles. The minimum Gasteiger partial charge on any atom is -0.368 e. The number of anilines is 1. The van der Waals surface area contributed by atoms with Crippen LogP contribution in [-0.4, -0.2) is 64.5 Å². The summed E-state index contributed by atoms with van der Waals surface area (Å²) in [4.78, 5) is 25.7. The molecule has 0 radical (unpaired) electrons. The maximum atomic E-state index is 13.7. The van der Waals surface area contributed by atoms with E-state index in [9.17, 15) is 4.79 Å². The SMILES string of the molecule is Cc1cccc(C)c1N1CCN(C(=O)[C@@H]2CCCN(Cc3nc4ccccc4n3Cc3ccc(Cl)cc3)C2)CC1. The Morgan fingerprint density at radius 3 is 2.35 bits per heavy atom. The second-order valence-corrected chi connectivity index (χ2v) is 11.8. The van der Waals surface area contributed by atoms with Crippen molar-refractivity contribution >= 4 is 34.2 Å². The predicted octanol–water partition coefficient (Wildman–Crippen LogP) is 5.92. The summed E-state index contributed by atoms with van der Waals surface area (Å²) in [6, 6.07) is 22.9. The number of likely N-dealkylation sites (tertiary alicyclic amines) is 1. The average molecular weight is 556 g/mol. The Bertz CT molecular complexity index is 1470. The van der Waals surface area contributed by atoms with Gasteiger partial charge in [-0.2, -0.15) is 0 Å². The minimum atomic E-state index is 0.0505. The van der Waals surface area contributed by atoms with Crippen LogP contribution in [0, 0.1) is 19.8 Å². The fourth-order valence-electron chi connectivity index (χ4n) is 6.51. The molecule has 3 aromatic carbocycles. The summed E-state index contributed by atoms with van der Waals surface area (Å²) in [5.74, 6) is 1.42. The number of fused-ring (bicyclic) bond motifs is 1. The Labute approximate surface area is 242 Å². The Morgan fingerprint density at radius 1 is 0.875 bits per heavy atom. The zero-order valence-electron chi connectivity index (χ0n) is 23.5. The van der Waals surface area contributed by atoms with Crippen LogP contribution in [-0.2, 0) is 17.9 Å². The van der Waals surface area contributed by atoms with Gasteiger partial charge in [-0.15, -0.1) is 0 Å². The van der Waals surface area contributed by atoms with Crippen LogP contribution in [0.1, 0.15) is 35.4 Å². The highest BCUT2D eigenvalue weighted by Gasteiger charge is 2.32. The second kappa shape index (κ2) is 11.6. The molecule has 4 aromatic rings. The number of carbonyl (C=O) groups excluding carboxylic acids is 1. The maximum absolute atomic E-state index is 13.7. The highest BCUT2D eigenvalue weighted by Crippen LogP contribution is 2.28. The van der Waals surface area contributed by atoms with Gasteiger partial charge in [0, 0.05) is 50.0 Å². The molecule has 2 aliphatic heterocycles. The lowest BCUT2D eigenvalue weighted by Gasteiger charge is -2.40. The molecule has 7 heteroatoms. The smallest absolute Gasteiger partial charge is 0.227 e. The van der Waals surface area contributed by atoms with E-state index in [0.29, 0.717) is 5.91 Å². The summed E-state index contributed by atoms with van der Waals surface area (Å²) in [5.41, 5.74) is 7.30. The molecule has 2 aliphatic rings. The van der Waals surface area contributed by atoms with Crippen molar-refractivity contribution < 1.29 is 4.79 Å². The van der Waals surface area contributed by atoms with Crippen LogP contribution in [0.2, 0.25) is 5.02 Å². The van der Waals surface area contributed by atoms with Gasteiger partial charge in [0.2, 0.25) is 5.91 Å². The van der Waals surface area contributed by atoms with Gasteiger partial charge >= 0.3 is 0 Å². The van der Waals surface area contributed by atoms with Crippen LogP contribution in [0.3, 0.4) is 0 Å². The van der Waals surface area contributed by atoms with E-state index in [1.54, 1.807) is 0 Å². The van der Waals surface area contributed by atoms with E-state index >= 15 is 0 Å². The summed E-state index contributed by atoms with van der Waals surface area (Å²) in [5, 5.41) is 0.746. The monoisotopic (exact) mass is 555 g/mol. The molecule has 0 spiro atoms. The topological polar surface area (TPSA) is 44.6 Å². The number of piperidine rings is 1. The number of aryl methyl sites for hydroxylation is 2. The number of rotatable bonds is 6. The van der Waals surface area contributed by atoms with Crippen LogP contribution < -0.4 is 4.90 Å². The molecule has 0 N–H and O–H groups in total. The van der Waals surface area contributed by atoms with Crippen molar-refractivity contribution in [3.8, 4) is 0 Å². The average Bonchev–Trinajstić information content (AvgIpc) is 3.30. The van der Waals surface area contributed by atoms with Gasteiger partial charge in [-0.25, -0.2) is 4.98 Å². The standard InChI is InChI=1S/C33H38ClN5O/c1-24-7-5-8-25(2)32(24)37-17-19-38(20-18-37)33(40)27-9-6-16-36(22-27)23-31-35-29-10-3-4-11-30(29)39(31)21-26-12-14-28(34)15-13-26/h3-5,7-8,10-15,27H,6,9,16-23H2,1-2H3/t27-/m1/s1. The van der Waals surface area contributed by atoms with E-state index in [0.717, 1.165) is 87.1 Å². The molecule has 6 rings (SSSR count). The first-order valence-corrected chi connectivity index (χ1v) is 14.8. The fourth-order valence-corrected chi connectivity index (χ4v) is 6.63. The van der Waals surface area contributed by atoms with Gasteiger partial charge < -0.3 is 14.4 Å². The fraction of sp³-hybridized carbons (Fsp3) is 0.394. The quantitative estimate of drug-likeness (QED) is 0.296. The van der Waals surface area contributed by atoms with Crippen molar-refractivity contribution in [3.05, 3.63) is 94.3 Å². The lowest BCUT2D eigenvalue weighted by molar-refractivity contribution is -0.137. The van der Waals surface area contributed by atoms with Crippen LogP contribution in [0.5, 0.6) is 0 Å². The lowest BCUT2D eigenvalue weighted by Crippen LogP contribution is -2.52. The summed E-state index contributed by atoms with van der Waals surface area (Å²) in [6.45, 7) is 11.0. The van der Waals surface area contributed by atoms with E-state index in [1.807, 2.05) is 18.2 Å². The van der Waals surface area contributed by atoms with Crippen LogP contribution in [0.15, 0.2) is 66.7 Å². The van der Waals surface area contributed by atoms with Crippen molar-refractivity contribution in [3.63, 3.8) is 0 Å². The molecule has 3 heterocycles. The van der Waals surface area contributed by atoms with Crippen molar-refractivity contribution in [2.75, 3.05) is 44.2 Å². The third-order valence-corrected chi connectivity index (χ3v) is 8.81. The highest BCUT2D eigenvalue weighted by atomic mass is 35.5. The molecule has 0 saturated carbocycles. The number of carbonyl (C=O) groups is 1. The molecule has 2 fully saturated rings. The first-order chi connectivity index (χ1) is 19.5. The number of nitrogens with zero attached hydrogens (tertiary/aromatic N) is 5. The minimum absolute atomic E-state index is 0.0505. The lowest BCUT2D eigenvalue weighted by atomic mass is 9.96. The molecule has 1 atom stereocenters. The largest absolute Gasteiger partial charge is 0.368 e. The highest BCUT2D eigenvalue weighted by molar-refractivity contribution is 6.30. The third kappa shape index (κ3) is 5.61. The van der Waals surface area contributed by atoms with Gasteiger partial charge in [0.25, 0.3) is 0 Å². The van der Waals surface area contributed by atoms with E-state index < -0.39 is 0 Å². The first-order valence-electron chi connectivity index (χ1n) is 14.5. The van der Waals surface area contributed by atoms with Crippen molar-refractivity contribution in [1.29, 1.82) is 0 Å². The molecule has 40 heavy (non-hydrogen) atoms. The van der Waals surface area contributed by atoms with Gasteiger partial charge in [0.05, 0.1) is 23.5 Å². The van der Waals surface area contributed by atoms with E-state index in [-0.39, 0.29) is 5.92 Å². The summed E-state index contributed by atoms with van der Waals surface area (Å²) >= 11 is 6.13. The number of halogens is 1. The zero-order valence-corrected chi connectivity index (χ0v) is 24.3. The van der Waals surface area contributed by atoms with Gasteiger partial charge in [0.1, 0.15) is 5.82 Å². The Morgan fingerprint density at radius 2 is 1.60 bits per heavy atom. The van der Waals surface area contributed by atoms with Crippen LogP contribution >= 0.6 is 11.6 Å². The first kappa shape index (κ1) is 26.9.